The zero-order chi connectivity index (χ0) is 13.7. The van der Waals surface area contributed by atoms with Crippen LogP contribution in [0.15, 0.2) is 40.1 Å². The number of carbonyl (C=O) groups is 1. The zero-order valence-electron chi connectivity index (χ0n) is 11.4. The molecule has 0 spiro atoms. The first-order valence-electron chi connectivity index (χ1n) is 6.29. The molecule has 0 N–H and O–H groups in total. The Morgan fingerprint density at radius 1 is 0.895 bits per heavy atom. The normalized spacial score (nSPS) is 17.0. The zero-order valence-corrected chi connectivity index (χ0v) is 12.2. The molecular weight excluding hydrogens is 252 g/mol. The largest absolute Gasteiger partial charge is 0.289 e. The average Bonchev–Trinajstić information content (AvgIpc) is 2.38. The Morgan fingerprint density at radius 3 is 2.26 bits per heavy atom. The Labute approximate surface area is 116 Å². The van der Waals surface area contributed by atoms with Gasteiger partial charge in [-0.2, -0.15) is 0 Å². The van der Waals surface area contributed by atoms with Gasteiger partial charge in [-0.1, -0.05) is 17.5 Å². The number of fused-ring (bicyclic) bond motifs is 2. The van der Waals surface area contributed by atoms with Crippen LogP contribution in [0.4, 0.5) is 0 Å². The van der Waals surface area contributed by atoms with Crippen LogP contribution in [0, 0.1) is 20.8 Å². The molecule has 1 aliphatic heterocycles. The Hall–Kier alpha value is -1.67. The maximum absolute atomic E-state index is 12.6. The first-order chi connectivity index (χ1) is 8.99. The van der Waals surface area contributed by atoms with Crippen LogP contribution in [0.25, 0.3) is 0 Å². The van der Waals surface area contributed by atoms with E-state index in [2.05, 4.69) is 37.9 Å². The summed E-state index contributed by atoms with van der Waals surface area (Å²) in [6.07, 6.45) is 0. The van der Waals surface area contributed by atoms with Crippen LogP contribution in [0.3, 0.4) is 0 Å². The van der Waals surface area contributed by atoms with Gasteiger partial charge in [-0.15, -0.1) is 10.5 Å². The molecule has 96 valence electrons. The Bertz CT molecular complexity index is 741. The van der Waals surface area contributed by atoms with Gasteiger partial charge in [-0.25, -0.2) is 0 Å². The van der Waals surface area contributed by atoms with Crippen molar-refractivity contribution in [2.24, 2.45) is 0 Å². The number of aryl methyl sites for hydroxylation is 3. The summed E-state index contributed by atoms with van der Waals surface area (Å²) < 4.78 is 0. The number of rotatable bonds is 0. The molecule has 19 heavy (non-hydrogen) atoms. The Kier molecular flexibility index (Phi) is 2.72. The third-order valence-electron chi connectivity index (χ3n) is 3.75. The van der Waals surface area contributed by atoms with E-state index in [0.29, 0.717) is 0 Å². The van der Waals surface area contributed by atoms with Crippen molar-refractivity contribution in [1.29, 1.82) is 0 Å². The first kappa shape index (κ1) is 12.4. The van der Waals surface area contributed by atoms with Crippen molar-refractivity contribution in [2.75, 3.05) is 0 Å². The standard InChI is InChI=1S/C17H16OS/c1-10-5-6-15-13(7-10)17(18)14-8-11(2)12(3)9-16(14)19(15)4/h5-9H,4H2,1-3H3. The smallest absolute Gasteiger partial charge is 0.195 e. The highest BCUT2D eigenvalue weighted by Gasteiger charge is 2.25. The minimum absolute atomic E-state index is 0.143. The van der Waals surface area contributed by atoms with Crippen molar-refractivity contribution in [2.45, 2.75) is 30.6 Å². The third-order valence-corrected chi connectivity index (χ3v) is 5.51. The van der Waals surface area contributed by atoms with Gasteiger partial charge in [0.25, 0.3) is 0 Å². The highest BCUT2D eigenvalue weighted by Crippen LogP contribution is 2.44. The van der Waals surface area contributed by atoms with Crippen molar-refractivity contribution < 1.29 is 4.79 Å². The summed E-state index contributed by atoms with van der Waals surface area (Å²) in [4.78, 5) is 14.8. The molecule has 1 heterocycles. The van der Waals surface area contributed by atoms with Crippen molar-refractivity contribution in [3.05, 3.63) is 58.1 Å². The highest BCUT2D eigenvalue weighted by molar-refractivity contribution is 8.14. The van der Waals surface area contributed by atoms with Crippen LogP contribution in [-0.4, -0.2) is 11.7 Å². The number of hydrogen-bond donors (Lipinski definition) is 0. The molecule has 2 aromatic carbocycles. The van der Waals surface area contributed by atoms with E-state index in [4.69, 9.17) is 0 Å². The van der Waals surface area contributed by atoms with Gasteiger partial charge in [0.2, 0.25) is 0 Å². The van der Waals surface area contributed by atoms with Gasteiger partial charge in [0, 0.05) is 20.9 Å². The number of ketones is 1. The molecule has 1 unspecified atom stereocenters. The van der Waals surface area contributed by atoms with Gasteiger partial charge < -0.3 is 0 Å². The summed E-state index contributed by atoms with van der Waals surface area (Å²) in [6, 6.07) is 10.2. The Balaban J connectivity index is 2.32. The van der Waals surface area contributed by atoms with E-state index < -0.39 is 0 Å². The topological polar surface area (TPSA) is 17.1 Å². The predicted octanol–water partition coefficient (Wildman–Crippen LogP) is 4.28. The fourth-order valence-electron chi connectivity index (χ4n) is 2.47. The lowest BCUT2D eigenvalue weighted by Crippen LogP contribution is -2.11. The molecule has 1 atom stereocenters. The second-order valence-electron chi connectivity index (χ2n) is 5.15. The minimum Gasteiger partial charge on any atom is -0.289 e. The van der Waals surface area contributed by atoms with Gasteiger partial charge in [0.15, 0.2) is 5.78 Å². The molecule has 0 aliphatic carbocycles. The molecule has 0 bridgehead atoms. The van der Waals surface area contributed by atoms with Gasteiger partial charge in [-0.05, 0) is 56.2 Å². The Morgan fingerprint density at radius 2 is 1.53 bits per heavy atom. The van der Waals surface area contributed by atoms with Crippen molar-refractivity contribution >= 4 is 22.1 Å². The first-order valence-corrected chi connectivity index (χ1v) is 7.69. The summed E-state index contributed by atoms with van der Waals surface area (Å²) in [6.45, 7) is 6.16. The number of carbonyl (C=O) groups excluding carboxylic acids is 1. The molecule has 0 amide bonds. The van der Waals surface area contributed by atoms with Crippen LogP contribution in [-0.2, 0) is 0 Å². The SMILES string of the molecule is C=S1c2ccc(C)cc2C(=O)c2cc(C)c(C)cc21. The molecule has 2 heteroatoms. The molecule has 0 aromatic heterocycles. The van der Waals surface area contributed by atoms with Gasteiger partial charge in [0.05, 0.1) is 0 Å². The predicted molar refractivity (Wildman–Crippen MR) is 81.8 cm³/mol. The molecular formula is C17H16OS. The van der Waals surface area contributed by atoms with E-state index in [-0.39, 0.29) is 16.3 Å². The van der Waals surface area contributed by atoms with Crippen LogP contribution in [0.5, 0.6) is 0 Å². The maximum atomic E-state index is 12.6. The van der Waals surface area contributed by atoms with E-state index in [1.54, 1.807) is 0 Å². The molecule has 1 aliphatic rings. The van der Waals surface area contributed by atoms with Gasteiger partial charge in [0.1, 0.15) is 0 Å². The molecule has 1 nitrogen and oxygen atoms in total. The lowest BCUT2D eigenvalue weighted by molar-refractivity contribution is 0.103. The molecule has 0 saturated heterocycles. The van der Waals surface area contributed by atoms with Crippen LogP contribution >= 0.6 is 10.5 Å². The van der Waals surface area contributed by atoms with Gasteiger partial charge >= 0.3 is 0 Å². The maximum Gasteiger partial charge on any atom is 0.195 e. The fraction of sp³-hybridized carbons (Fsp3) is 0.176. The van der Waals surface area contributed by atoms with Crippen LogP contribution in [0.2, 0.25) is 0 Å². The van der Waals surface area contributed by atoms with Crippen molar-refractivity contribution in [3.63, 3.8) is 0 Å². The molecule has 3 rings (SSSR count). The number of hydrogen-bond acceptors (Lipinski definition) is 1. The summed E-state index contributed by atoms with van der Waals surface area (Å²) >= 11 is 0. The van der Waals surface area contributed by atoms with E-state index in [1.807, 2.05) is 19.1 Å². The minimum atomic E-state index is -0.258. The highest BCUT2D eigenvalue weighted by atomic mass is 32.2. The lowest BCUT2D eigenvalue weighted by Gasteiger charge is -2.23. The third kappa shape index (κ3) is 1.79. The lowest BCUT2D eigenvalue weighted by atomic mass is 9.97. The summed E-state index contributed by atoms with van der Waals surface area (Å²) in [7, 11) is -0.258. The monoisotopic (exact) mass is 268 g/mol. The van der Waals surface area contributed by atoms with Crippen molar-refractivity contribution in [3.8, 4) is 0 Å². The van der Waals surface area contributed by atoms with Crippen LogP contribution < -0.4 is 0 Å². The van der Waals surface area contributed by atoms with E-state index in [0.717, 1.165) is 26.5 Å². The summed E-state index contributed by atoms with van der Waals surface area (Å²) in [5, 5.41) is 0. The number of benzene rings is 2. The summed E-state index contributed by atoms with van der Waals surface area (Å²) in [5.41, 5.74) is 5.17. The van der Waals surface area contributed by atoms with Crippen molar-refractivity contribution in [1.82, 2.24) is 0 Å². The van der Waals surface area contributed by atoms with Gasteiger partial charge in [-0.3, -0.25) is 4.79 Å². The second-order valence-corrected chi connectivity index (χ2v) is 6.81. The second kappa shape index (κ2) is 4.17. The average molecular weight is 268 g/mol. The van der Waals surface area contributed by atoms with E-state index in [1.165, 1.54) is 11.1 Å². The summed E-state index contributed by atoms with van der Waals surface area (Å²) in [5.74, 6) is 4.43. The van der Waals surface area contributed by atoms with E-state index >= 15 is 0 Å². The molecule has 2 aromatic rings. The van der Waals surface area contributed by atoms with E-state index in [9.17, 15) is 4.79 Å². The fourth-order valence-corrected chi connectivity index (χ4v) is 4.09. The quantitative estimate of drug-likeness (QED) is 0.556. The molecule has 0 radical (unpaired) electrons. The van der Waals surface area contributed by atoms with Crippen LogP contribution in [0.1, 0.15) is 32.6 Å². The molecule has 0 fully saturated rings. The molecule has 0 saturated carbocycles.